The number of rotatable bonds is 10. The van der Waals surface area contributed by atoms with Crippen LogP contribution in [0, 0.1) is 13.8 Å². The summed E-state index contributed by atoms with van der Waals surface area (Å²) in [5, 5.41) is 20.9. The number of aliphatic hydroxyl groups excluding tert-OH is 2. The van der Waals surface area contributed by atoms with Gasteiger partial charge in [0.1, 0.15) is 36.9 Å². The molecule has 1 heterocycles. The van der Waals surface area contributed by atoms with Gasteiger partial charge < -0.3 is 19.7 Å². The Labute approximate surface area is 186 Å². The summed E-state index contributed by atoms with van der Waals surface area (Å²) in [6.45, 7) is 10.5. The highest BCUT2D eigenvalue weighted by Crippen LogP contribution is 2.18. The van der Waals surface area contributed by atoms with Gasteiger partial charge >= 0.3 is 0 Å². The van der Waals surface area contributed by atoms with Gasteiger partial charge in [-0.05, 0) is 44.0 Å². The second-order valence-corrected chi connectivity index (χ2v) is 8.56. The molecule has 0 bridgehead atoms. The van der Waals surface area contributed by atoms with Gasteiger partial charge in [0.05, 0.1) is 0 Å². The van der Waals surface area contributed by atoms with Crippen molar-refractivity contribution in [2.24, 2.45) is 0 Å². The molecule has 0 aliphatic carbocycles. The minimum atomic E-state index is -0.540. The van der Waals surface area contributed by atoms with E-state index in [1.165, 1.54) is 0 Å². The summed E-state index contributed by atoms with van der Waals surface area (Å²) >= 11 is 0. The molecule has 0 unspecified atom stereocenters. The number of hydrogen-bond acceptors (Lipinski definition) is 6. The number of aliphatic hydroxyl groups is 2. The smallest absolute Gasteiger partial charge is 0.122 e. The van der Waals surface area contributed by atoms with Crippen molar-refractivity contribution in [3.8, 4) is 11.5 Å². The van der Waals surface area contributed by atoms with Crippen LogP contribution in [-0.2, 0) is 0 Å². The molecule has 3 rings (SSSR count). The van der Waals surface area contributed by atoms with Gasteiger partial charge in [-0.15, -0.1) is 0 Å². The summed E-state index contributed by atoms with van der Waals surface area (Å²) in [6.07, 6.45) is -1.08. The van der Waals surface area contributed by atoms with Gasteiger partial charge in [0.15, 0.2) is 0 Å². The van der Waals surface area contributed by atoms with Crippen LogP contribution in [-0.4, -0.2) is 84.2 Å². The molecule has 0 saturated carbocycles. The highest BCUT2D eigenvalue weighted by molar-refractivity contribution is 5.32. The molecule has 0 aromatic heterocycles. The molecule has 0 spiro atoms. The first-order chi connectivity index (χ1) is 14.9. The van der Waals surface area contributed by atoms with Gasteiger partial charge in [-0.2, -0.15) is 0 Å². The van der Waals surface area contributed by atoms with E-state index in [1.54, 1.807) is 0 Å². The van der Waals surface area contributed by atoms with Crippen LogP contribution in [0.1, 0.15) is 18.1 Å². The highest BCUT2D eigenvalue weighted by Gasteiger charge is 2.26. The van der Waals surface area contributed by atoms with E-state index >= 15 is 0 Å². The summed E-state index contributed by atoms with van der Waals surface area (Å²) in [7, 11) is 0. The Morgan fingerprint density at radius 3 is 1.87 bits per heavy atom. The van der Waals surface area contributed by atoms with Crippen LogP contribution in [0.5, 0.6) is 11.5 Å². The van der Waals surface area contributed by atoms with Gasteiger partial charge in [0.25, 0.3) is 0 Å². The lowest BCUT2D eigenvalue weighted by atomic mass is 10.1. The number of nitrogens with zero attached hydrogens (tertiary/aromatic N) is 2. The molecule has 31 heavy (non-hydrogen) atoms. The van der Waals surface area contributed by atoms with Crippen LogP contribution < -0.4 is 9.47 Å². The molecule has 1 saturated heterocycles. The topological polar surface area (TPSA) is 65.4 Å². The van der Waals surface area contributed by atoms with E-state index in [1.807, 2.05) is 62.4 Å². The second-order valence-electron chi connectivity index (χ2n) is 8.56. The monoisotopic (exact) mass is 428 g/mol. The Kier molecular flexibility index (Phi) is 8.72. The molecular weight excluding hydrogens is 392 g/mol. The van der Waals surface area contributed by atoms with Crippen molar-refractivity contribution in [1.29, 1.82) is 0 Å². The van der Waals surface area contributed by atoms with E-state index in [4.69, 9.17) is 9.47 Å². The van der Waals surface area contributed by atoms with Crippen LogP contribution in [0.4, 0.5) is 0 Å². The fraction of sp³-hybridized carbons (Fsp3) is 0.520. The number of benzene rings is 2. The zero-order chi connectivity index (χ0) is 22.2. The minimum absolute atomic E-state index is 0.284. The fourth-order valence-electron chi connectivity index (χ4n) is 3.99. The normalized spacial score (nSPS) is 19.7. The van der Waals surface area contributed by atoms with E-state index in [-0.39, 0.29) is 13.2 Å². The first-order valence-corrected chi connectivity index (χ1v) is 11.1. The Morgan fingerprint density at radius 1 is 0.839 bits per heavy atom. The number of β-amino-alcohol motifs (C(OH)–C–C–N with tert-alkyl or cyclic N) is 2. The van der Waals surface area contributed by atoms with E-state index in [2.05, 4.69) is 16.7 Å². The maximum atomic E-state index is 10.4. The molecule has 0 amide bonds. The number of piperazine rings is 1. The third-order valence-corrected chi connectivity index (χ3v) is 5.81. The van der Waals surface area contributed by atoms with Crippen molar-refractivity contribution in [2.75, 3.05) is 45.9 Å². The molecule has 2 aromatic rings. The standard InChI is InChI=1S/C25H36N2O4/c1-19-8-4-6-10-24(19)30-17-22(28)15-26-12-13-27(21(3)14-26)16-23(29)18-31-25-11-7-5-9-20(25)2/h4-11,21-23,28-29H,12-18H2,1-3H3/t21-,22+,23+/m1/s1. The molecular formula is C25H36N2O4. The number of hydrogen-bond donors (Lipinski definition) is 2. The molecule has 2 aromatic carbocycles. The van der Waals surface area contributed by atoms with Gasteiger partial charge in [0.2, 0.25) is 0 Å². The highest BCUT2D eigenvalue weighted by atomic mass is 16.5. The SMILES string of the molecule is Cc1ccccc1OC[C@@H](O)CN1CCN(C[C@H](O)COc2ccccc2C)[C@H](C)C1. The van der Waals surface area contributed by atoms with Crippen molar-refractivity contribution in [3.63, 3.8) is 0 Å². The molecule has 1 aliphatic rings. The number of aryl methyl sites for hydroxylation is 2. The Balaban J connectivity index is 1.37. The Bertz CT molecular complexity index is 816. The van der Waals surface area contributed by atoms with Crippen LogP contribution in [0.3, 0.4) is 0 Å². The molecule has 6 nitrogen and oxygen atoms in total. The average Bonchev–Trinajstić information content (AvgIpc) is 2.74. The van der Waals surface area contributed by atoms with Crippen LogP contribution in [0.15, 0.2) is 48.5 Å². The average molecular weight is 429 g/mol. The quantitative estimate of drug-likeness (QED) is 0.606. The van der Waals surface area contributed by atoms with Gasteiger partial charge in [-0.25, -0.2) is 0 Å². The summed E-state index contributed by atoms with van der Waals surface area (Å²) in [4.78, 5) is 4.56. The summed E-state index contributed by atoms with van der Waals surface area (Å²) < 4.78 is 11.6. The van der Waals surface area contributed by atoms with Crippen molar-refractivity contribution in [1.82, 2.24) is 9.80 Å². The lowest BCUT2D eigenvalue weighted by molar-refractivity contribution is 0.00235. The van der Waals surface area contributed by atoms with Crippen LogP contribution in [0.2, 0.25) is 0 Å². The van der Waals surface area contributed by atoms with Crippen molar-refractivity contribution in [2.45, 2.75) is 39.0 Å². The van der Waals surface area contributed by atoms with E-state index < -0.39 is 12.2 Å². The lowest BCUT2D eigenvalue weighted by Gasteiger charge is -2.41. The predicted molar refractivity (Wildman–Crippen MR) is 123 cm³/mol. The van der Waals surface area contributed by atoms with Crippen molar-refractivity contribution >= 4 is 0 Å². The zero-order valence-corrected chi connectivity index (χ0v) is 18.9. The van der Waals surface area contributed by atoms with E-state index in [9.17, 15) is 10.2 Å². The summed E-state index contributed by atoms with van der Waals surface area (Å²) in [5.41, 5.74) is 2.14. The maximum absolute atomic E-state index is 10.4. The van der Waals surface area contributed by atoms with Gasteiger partial charge in [-0.1, -0.05) is 36.4 Å². The number of ether oxygens (including phenoxy) is 2. The molecule has 6 heteroatoms. The molecule has 1 aliphatic heterocycles. The molecule has 1 fully saturated rings. The third kappa shape index (κ3) is 7.21. The Morgan fingerprint density at radius 2 is 1.35 bits per heavy atom. The summed E-state index contributed by atoms with van der Waals surface area (Å²) in [5.74, 6) is 1.64. The second kappa shape index (κ2) is 11.5. The largest absolute Gasteiger partial charge is 0.491 e. The van der Waals surface area contributed by atoms with E-state index in [0.717, 1.165) is 42.3 Å². The first-order valence-electron chi connectivity index (χ1n) is 11.1. The lowest BCUT2D eigenvalue weighted by Crippen LogP contribution is -2.55. The van der Waals surface area contributed by atoms with Crippen molar-refractivity contribution < 1.29 is 19.7 Å². The first kappa shape index (κ1) is 23.5. The summed E-state index contributed by atoms with van der Waals surface area (Å²) in [6, 6.07) is 16.0. The molecule has 3 atom stereocenters. The van der Waals surface area contributed by atoms with Crippen LogP contribution >= 0.6 is 0 Å². The number of para-hydroxylation sites is 2. The minimum Gasteiger partial charge on any atom is -0.491 e. The van der Waals surface area contributed by atoms with Crippen molar-refractivity contribution in [3.05, 3.63) is 59.7 Å². The third-order valence-electron chi connectivity index (χ3n) is 5.81. The molecule has 170 valence electrons. The Hall–Kier alpha value is -2.12. The fourth-order valence-corrected chi connectivity index (χ4v) is 3.99. The maximum Gasteiger partial charge on any atom is 0.122 e. The van der Waals surface area contributed by atoms with Gasteiger partial charge in [0, 0.05) is 38.8 Å². The predicted octanol–water partition coefficient (Wildman–Crippen LogP) is 2.49. The molecule has 0 radical (unpaired) electrons. The van der Waals surface area contributed by atoms with Gasteiger partial charge in [-0.3, -0.25) is 9.80 Å². The molecule has 2 N–H and O–H groups in total. The van der Waals surface area contributed by atoms with Crippen LogP contribution in [0.25, 0.3) is 0 Å². The van der Waals surface area contributed by atoms with E-state index in [0.29, 0.717) is 19.1 Å². The zero-order valence-electron chi connectivity index (χ0n) is 18.9.